The molecule has 2 amide bonds. The summed E-state index contributed by atoms with van der Waals surface area (Å²) in [6.45, 7) is -0.275. The zero-order valence-corrected chi connectivity index (χ0v) is 13.8. The normalized spacial score (nSPS) is 10.6. The number of phenols is 1. The fraction of sp³-hybridized carbons (Fsp3) is 0.0625. The van der Waals surface area contributed by atoms with Gasteiger partial charge in [0, 0.05) is 10.6 Å². The van der Waals surface area contributed by atoms with Crippen molar-refractivity contribution < 1.29 is 14.7 Å². The van der Waals surface area contributed by atoms with Gasteiger partial charge in [0.25, 0.3) is 11.8 Å². The van der Waals surface area contributed by atoms with E-state index in [1.54, 1.807) is 24.3 Å². The summed E-state index contributed by atoms with van der Waals surface area (Å²) < 4.78 is 0. The van der Waals surface area contributed by atoms with Gasteiger partial charge < -0.3 is 10.4 Å². The van der Waals surface area contributed by atoms with Crippen LogP contribution in [0.1, 0.15) is 15.9 Å². The minimum atomic E-state index is -0.534. The highest BCUT2D eigenvalue weighted by Crippen LogP contribution is 2.19. The number of hydrogen-bond acceptors (Lipinski definition) is 4. The van der Waals surface area contributed by atoms with Crippen molar-refractivity contribution in [1.29, 1.82) is 0 Å². The third-order valence-corrected chi connectivity index (χ3v) is 3.48. The molecule has 0 heterocycles. The number of rotatable bonds is 5. The predicted octanol–water partition coefficient (Wildman–Crippen LogP) is 2.58. The summed E-state index contributed by atoms with van der Waals surface area (Å²) >= 11 is 11.7. The average molecular weight is 366 g/mol. The molecule has 0 saturated carbocycles. The van der Waals surface area contributed by atoms with E-state index in [4.69, 9.17) is 23.2 Å². The monoisotopic (exact) mass is 365 g/mol. The molecule has 6 nitrogen and oxygen atoms in total. The second-order valence-corrected chi connectivity index (χ2v) is 5.50. The molecule has 8 heteroatoms. The van der Waals surface area contributed by atoms with E-state index in [0.29, 0.717) is 15.6 Å². The third kappa shape index (κ3) is 4.97. The van der Waals surface area contributed by atoms with E-state index in [2.05, 4.69) is 15.8 Å². The second kappa shape index (κ2) is 8.33. The first kappa shape index (κ1) is 17.8. The highest BCUT2D eigenvalue weighted by atomic mass is 35.5. The Bertz CT molecular complexity index is 794. The molecule has 124 valence electrons. The lowest BCUT2D eigenvalue weighted by molar-refractivity contribution is -0.120. The topological polar surface area (TPSA) is 90.8 Å². The summed E-state index contributed by atoms with van der Waals surface area (Å²) in [6.07, 6.45) is 1.25. The maximum atomic E-state index is 11.9. The highest BCUT2D eigenvalue weighted by Gasteiger charge is 2.10. The summed E-state index contributed by atoms with van der Waals surface area (Å²) in [5.74, 6) is -1.02. The van der Waals surface area contributed by atoms with Crippen molar-refractivity contribution in [3.05, 3.63) is 63.6 Å². The van der Waals surface area contributed by atoms with Gasteiger partial charge >= 0.3 is 0 Å². The van der Waals surface area contributed by atoms with E-state index < -0.39 is 11.8 Å². The molecule has 0 unspecified atom stereocenters. The molecule has 0 fully saturated rings. The maximum Gasteiger partial charge on any atom is 0.259 e. The molecule has 2 aromatic carbocycles. The summed E-state index contributed by atoms with van der Waals surface area (Å²) in [6, 6.07) is 10.9. The number of amides is 2. The number of carbonyl (C=O) groups is 2. The molecule has 0 aliphatic carbocycles. The van der Waals surface area contributed by atoms with Crippen LogP contribution in [0.3, 0.4) is 0 Å². The van der Waals surface area contributed by atoms with Gasteiger partial charge in [-0.15, -0.1) is 0 Å². The van der Waals surface area contributed by atoms with Crippen LogP contribution in [0.25, 0.3) is 0 Å². The average Bonchev–Trinajstić information content (AvgIpc) is 2.56. The molecule has 24 heavy (non-hydrogen) atoms. The van der Waals surface area contributed by atoms with Gasteiger partial charge in [0.15, 0.2) is 0 Å². The minimum absolute atomic E-state index is 0.0237. The van der Waals surface area contributed by atoms with Crippen molar-refractivity contribution in [2.75, 3.05) is 6.54 Å². The number of benzene rings is 2. The first-order chi connectivity index (χ1) is 11.5. The Kier molecular flexibility index (Phi) is 6.17. The van der Waals surface area contributed by atoms with Gasteiger partial charge in [-0.25, -0.2) is 5.43 Å². The maximum absolute atomic E-state index is 11.9. The molecular formula is C16H13Cl2N3O3. The number of nitrogens with zero attached hydrogens (tertiary/aromatic N) is 1. The fourth-order valence-corrected chi connectivity index (χ4v) is 2.15. The van der Waals surface area contributed by atoms with Crippen LogP contribution in [0.2, 0.25) is 10.0 Å². The molecular weight excluding hydrogens is 353 g/mol. The van der Waals surface area contributed by atoms with Crippen molar-refractivity contribution in [2.24, 2.45) is 5.10 Å². The van der Waals surface area contributed by atoms with Gasteiger partial charge in [-0.2, -0.15) is 5.10 Å². The van der Waals surface area contributed by atoms with E-state index in [1.165, 1.54) is 24.4 Å². The van der Waals surface area contributed by atoms with Crippen LogP contribution in [-0.2, 0) is 4.79 Å². The minimum Gasteiger partial charge on any atom is -0.507 e. The smallest absolute Gasteiger partial charge is 0.259 e. The van der Waals surface area contributed by atoms with Crippen molar-refractivity contribution in [1.82, 2.24) is 10.7 Å². The molecule has 0 spiro atoms. The van der Waals surface area contributed by atoms with Gasteiger partial charge in [-0.1, -0.05) is 35.3 Å². The quantitative estimate of drug-likeness (QED) is 0.561. The predicted molar refractivity (Wildman–Crippen MR) is 92.6 cm³/mol. The van der Waals surface area contributed by atoms with Crippen LogP contribution in [-0.4, -0.2) is 29.7 Å². The zero-order valence-electron chi connectivity index (χ0n) is 12.3. The van der Waals surface area contributed by atoms with Crippen LogP contribution in [0.5, 0.6) is 5.75 Å². The van der Waals surface area contributed by atoms with Gasteiger partial charge in [0.2, 0.25) is 0 Å². The van der Waals surface area contributed by atoms with Crippen molar-refractivity contribution in [3.63, 3.8) is 0 Å². The molecule has 2 aromatic rings. The number of halogens is 2. The van der Waals surface area contributed by atoms with Crippen LogP contribution < -0.4 is 10.7 Å². The summed E-state index contributed by atoms with van der Waals surface area (Å²) in [5, 5.41) is 16.4. The summed E-state index contributed by atoms with van der Waals surface area (Å²) in [7, 11) is 0. The van der Waals surface area contributed by atoms with Gasteiger partial charge in [0.1, 0.15) is 5.75 Å². The number of aromatic hydroxyl groups is 1. The molecule has 0 aromatic heterocycles. The van der Waals surface area contributed by atoms with Crippen LogP contribution in [0.15, 0.2) is 47.6 Å². The Morgan fingerprint density at radius 1 is 1.17 bits per heavy atom. The lowest BCUT2D eigenvalue weighted by Gasteiger charge is -2.05. The molecule has 0 atom stereocenters. The Morgan fingerprint density at radius 3 is 2.67 bits per heavy atom. The summed E-state index contributed by atoms with van der Waals surface area (Å²) in [4.78, 5) is 23.5. The lowest BCUT2D eigenvalue weighted by atomic mass is 10.2. The number of hydrogen-bond donors (Lipinski definition) is 3. The van der Waals surface area contributed by atoms with Crippen molar-refractivity contribution in [2.45, 2.75) is 0 Å². The Balaban J connectivity index is 1.85. The molecule has 0 aliphatic rings. The summed E-state index contributed by atoms with van der Waals surface area (Å²) in [5.41, 5.74) is 2.85. The Morgan fingerprint density at radius 2 is 1.92 bits per heavy atom. The SMILES string of the molecule is O=C(CNC(=O)c1ccccc1Cl)NN=Cc1cc(Cl)ccc1O. The largest absolute Gasteiger partial charge is 0.507 e. The first-order valence-corrected chi connectivity index (χ1v) is 7.56. The number of hydrazone groups is 1. The van der Waals surface area contributed by atoms with Crippen LogP contribution in [0.4, 0.5) is 0 Å². The molecule has 3 N–H and O–H groups in total. The van der Waals surface area contributed by atoms with Gasteiger partial charge in [-0.05, 0) is 30.3 Å². The Hall–Kier alpha value is -2.57. The lowest BCUT2D eigenvalue weighted by Crippen LogP contribution is -2.35. The Labute approximate surface area is 148 Å². The number of phenolic OH excluding ortho intramolecular Hbond substituents is 1. The standard InChI is InChI=1S/C16H13Cl2N3O3/c17-11-5-6-14(22)10(7-11)8-20-21-15(23)9-19-16(24)12-3-1-2-4-13(12)18/h1-8,22H,9H2,(H,19,24)(H,21,23). The van der Waals surface area contributed by atoms with Crippen molar-refractivity contribution >= 4 is 41.2 Å². The second-order valence-electron chi connectivity index (χ2n) is 4.66. The number of nitrogens with one attached hydrogen (secondary N) is 2. The highest BCUT2D eigenvalue weighted by molar-refractivity contribution is 6.33. The number of carbonyl (C=O) groups excluding carboxylic acids is 2. The first-order valence-electron chi connectivity index (χ1n) is 6.80. The van der Waals surface area contributed by atoms with Crippen LogP contribution >= 0.6 is 23.2 Å². The molecule has 0 bridgehead atoms. The van der Waals surface area contributed by atoms with E-state index in [-0.39, 0.29) is 17.9 Å². The van der Waals surface area contributed by atoms with E-state index >= 15 is 0 Å². The zero-order chi connectivity index (χ0) is 17.5. The molecule has 0 radical (unpaired) electrons. The van der Waals surface area contributed by atoms with Crippen LogP contribution in [0, 0.1) is 0 Å². The van der Waals surface area contributed by atoms with E-state index in [1.807, 2.05) is 0 Å². The van der Waals surface area contributed by atoms with E-state index in [0.717, 1.165) is 0 Å². The fourth-order valence-electron chi connectivity index (χ4n) is 1.74. The van der Waals surface area contributed by atoms with Crippen molar-refractivity contribution in [3.8, 4) is 5.75 Å². The molecule has 0 aliphatic heterocycles. The third-order valence-electron chi connectivity index (χ3n) is 2.91. The van der Waals surface area contributed by atoms with E-state index in [9.17, 15) is 14.7 Å². The molecule has 2 rings (SSSR count). The van der Waals surface area contributed by atoms with Gasteiger partial charge in [0.05, 0.1) is 23.3 Å². The van der Waals surface area contributed by atoms with Gasteiger partial charge in [-0.3, -0.25) is 9.59 Å². The molecule has 0 saturated heterocycles.